The number of hydrogen-bond donors (Lipinski definition) is 1. The molecule has 2 fully saturated rings. The third-order valence-electron chi connectivity index (χ3n) is 4.51. The molecule has 0 atom stereocenters. The molecule has 0 radical (unpaired) electrons. The topological polar surface area (TPSA) is 15.3 Å². The molecule has 1 aromatic carbocycles. The molecule has 1 saturated heterocycles. The number of rotatable bonds is 5. The minimum Gasteiger partial charge on any atom is -0.314 e. The Balaban J connectivity index is 1.40. The van der Waals surface area contributed by atoms with E-state index in [1.165, 1.54) is 56.4 Å². The summed E-state index contributed by atoms with van der Waals surface area (Å²) < 4.78 is 0. The highest BCUT2D eigenvalue weighted by Crippen LogP contribution is 2.22. The van der Waals surface area contributed by atoms with E-state index in [4.69, 9.17) is 0 Å². The predicted molar refractivity (Wildman–Crippen MR) is 80.2 cm³/mol. The van der Waals surface area contributed by atoms with Gasteiger partial charge in [0.15, 0.2) is 0 Å². The average molecular weight is 258 g/mol. The Morgan fingerprint density at radius 3 is 2.37 bits per heavy atom. The molecule has 0 aromatic heterocycles. The zero-order valence-electron chi connectivity index (χ0n) is 12.1. The largest absolute Gasteiger partial charge is 0.314 e. The second-order valence-corrected chi connectivity index (χ2v) is 6.39. The van der Waals surface area contributed by atoms with Crippen LogP contribution in [0.4, 0.5) is 0 Å². The fourth-order valence-corrected chi connectivity index (χ4v) is 2.92. The molecule has 1 aliphatic carbocycles. The summed E-state index contributed by atoms with van der Waals surface area (Å²) in [7, 11) is 0. The van der Waals surface area contributed by atoms with Gasteiger partial charge in [-0.1, -0.05) is 29.8 Å². The van der Waals surface area contributed by atoms with Crippen molar-refractivity contribution in [1.82, 2.24) is 10.2 Å². The maximum atomic E-state index is 3.68. The molecule has 1 aromatic rings. The number of piperidine rings is 1. The van der Waals surface area contributed by atoms with Crippen LogP contribution in [0.3, 0.4) is 0 Å². The van der Waals surface area contributed by atoms with Crippen LogP contribution in [-0.4, -0.2) is 30.6 Å². The lowest BCUT2D eigenvalue weighted by Crippen LogP contribution is -2.37. The molecule has 2 nitrogen and oxygen atoms in total. The van der Waals surface area contributed by atoms with Crippen molar-refractivity contribution in [1.29, 1.82) is 0 Å². The molecule has 1 saturated carbocycles. The van der Waals surface area contributed by atoms with Gasteiger partial charge < -0.3 is 5.32 Å². The van der Waals surface area contributed by atoms with E-state index in [0.717, 1.165) is 18.5 Å². The lowest BCUT2D eigenvalue weighted by molar-refractivity contribution is 0.175. The quantitative estimate of drug-likeness (QED) is 0.873. The van der Waals surface area contributed by atoms with Gasteiger partial charge in [0.2, 0.25) is 0 Å². The van der Waals surface area contributed by atoms with E-state index in [1.807, 2.05) is 0 Å². The van der Waals surface area contributed by atoms with Crippen molar-refractivity contribution in [3.8, 4) is 0 Å². The van der Waals surface area contributed by atoms with Gasteiger partial charge >= 0.3 is 0 Å². The first-order valence-electron chi connectivity index (χ1n) is 7.81. The summed E-state index contributed by atoms with van der Waals surface area (Å²) in [6.45, 7) is 7.07. The Bertz CT molecular complexity index is 386. The van der Waals surface area contributed by atoms with E-state index in [1.54, 1.807) is 0 Å². The van der Waals surface area contributed by atoms with E-state index in [-0.39, 0.29) is 0 Å². The second kappa shape index (κ2) is 6.06. The van der Waals surface area contributed by atoms with E-state index >= 15 is 0 Å². The first-order valence-corrected chi connectivity index (χ1v) is 7.81. The summed E-state index contributed by atoms with van der Waals surface area (Å²) in [6.07, 6.45) is 5.55. The van der Waals surface area contributed by atoms with E-state index < -0.39 is 0 Å². The summed E-state index contributed by atoms with van der Waals surface area (Å²) in [5.74, 6) is 0.912. The van der Waals surface area contributed by atoms with Gasteiger partial charge in [-0.3, -0.25) is 4.90 Å². The van der Waals surface area contributed by atoms with Gasteiger partial charge in [0.1, 0.15) is 0 Å². The van der Waals surface area contributed by atoms with Crippen LogP contribution < -0.4 is 5.32 Å². The van der Waals surface area contributed by atoms with Gasteiger partial charge in [-0.25, -0.2) is 0 Å². The number of likely N-dealkylation sites (tertiary alicyclic amines) is 1. The fourth-order valence-electron chi connectivity index (χ4n) is 2.92. The van der Waals surface area contributed by atoms with Gasteiger partial charge in [-0.15, -0.1) is 0 Å². The second-order valence-electron chi connectivity index (χ2n) is 6.39. The highest BCUT2D eigenvalue weighted by Gasteiger charge is 2.24. The molecule has 19 heavy (non-hydrogen) atoms. The van der Waals surface area contributed by atoms with Gasteiger partial charge in [0.05, 0.1) is 0 Å². The first-order chi connectivity index (χ1) is 9.29. The SMILES string of the molecule is Cc1ccc(CN2CCC(CNC3CC3)CC2)cc1. The van der Waals surface area contributed by atoms with Crippen LogP contribution in [-0.2, 0) is 6.54 Å². The Morgan fingerprint density at radius 1 is 1.05 bits per heavy atom. The van der Waals surface area contributed by atoms with Crippen molar-refractivity contribution in [2.45, 2.75) is 45.2 Å². The Kier molecular flexibility index (Phi) is 4.19. The van der Waals surface area contributed by atoms with Crippen molar-refractivity contribution < 1.29 is 0 Å². The lowest BCUT2D eigenvalue weighted by Gasteiger charge is -2.32. The van der Waals surface area contributed by atoms with Crippen molar-refractivity contribution in [3.05, 3.63) is 35.4 Å². The molecule has 1 N–H and O–H groups in total. The maximum absolute atomic E-state index is 3.68. The van der Waals surface area contributed by atoms with Crippen molar-refractivity contribution in [2.24, 2.45) is 5.92 Å². The zero-order chi connectivity index (χ0) is 13.1. The summed E-state index contributed by atoms with van der Waals surface area (Å²) in [5.41, 5.74) is 2.81. The summed E-state index contributed by atoms with van der Waals surface area (Å²) in [4.78, 5) is 2.61. The molecular weight excluding hydrogens is 232 g/mol. The molecule has 0 unspecified atom stereocenters. The molecule has 0 bridgehead atoms. The standard InChI is InChI=1S/C17H26N2/c1-14-2-4-16(5-3-14)13-19-10-8-15(9-11-19)12-18-17-6-7-17/h2-5,15,17-18H,6-13H2,1H3. The summed E-state index contributed by atoms with van der Waals surface area (Å²) in [5, 5.41) is 3.68. The normalized spacial score (nSPS) is 21.7. The molecule has 2 aliphatic rings. The van der Waals surface area contributed by atoms with Crippen molar-refractivity contribution in [3.63, 3.8) is 0 Å². The van der Waals surface area contributed by atoms with Gasteiger partial charge in [0, 0.05) is 12.6 Å². The molecule has 1 heterocycles. The Morgan fingerprint density at radius 2 is 1.74 bits per heavy atom. The van der Waals surface area contributed by atoms with Gasteiger partial charge in [-0.2, -0.15) is 0 Å². The molecule has 0 spiro atoms. The van der Waals surface area contributed by atoms with E-state index in [2.05, 4.69) is 41.4 Å². The van der Waals surface area contributed by atoms with E-state index in [9.17, 15) is 0 Å². The fraction of sp³-hybridized carbons (Fsp3) is 0.647. The molecule has 0 amide bonds. The Hall–Kier alpha value is -0.860. The number of aryl methyl sites for hydroxylation is 1. The molecular formula is C17H26N2. The average Bonchev–Trinajstić information content (AvgIpc) is 3.25. The highest BCUT2D eigenvalue weighted by molar-refractivity contribution is 5.21. The first kappa shape index (κ1) is 13.1. The summed E-state index contributed by atoms with van der Waals surface area (Å²) >= 11 is 0. The van der Waals surface area contributed by atoms with Crippen LogP contribution in [0.25, 0.3) is 0 Å². The van der Waals surface area contributed by atoms with Gasteiger partial charge in [-0.05, 0) is 63.7 Å². The number of nitrogens with zero attached hydrogens (tertiary/aromatic N) is 1. The van der Waals surface area contributed by atoms with Crippen LogP contribution in [0, 0.1) is 12.8 Å². The van der Waals surface area contributed by atoms with Crippen LogP contribution in [0.5, 0.6) is 0 Å². The summed E-state index contributed by atoms with van der Waals surface area (Å²) in [6, 6.07) is 9.86. The van der Waals surface area contributed by atoms with Crippen LogP contribution in [0.2, 0.25) is 0 Å². The van der Waals surface area contributed by atoms with Crippen LogP contribution >= 0.6 is 0 Å². The molecule has 3 rings (SSSR count). The Labute approximate surface area is 117 Å². The molecule has 1 aliphatic heterocycles. The molecule has 2 heteroatoms. The van der Waals surface area contributed by atoms with Crippen LogP contribution in [0.1, 0.15) is 36.8 Å². The van der Waals surface area contributed by atoms with Crippen LogP contribution in [0.15, 0.2) is 24.3 Å². The predicted octanol–water partition coefficient (Wildman–Crippen LogP) is 2.96. The minimum absolute atomic E-state index is 0.866. The minimum atomic E-state index is 0.866. The third-order valence-corrected chi connectivity index (χ3v) is 4.51. The lowest BCUT2D eigenvalue weighted by atomic mass is 9.96. The number of hydrogen-bond acceptors (Lipinski definition) is 2. The van der Waals surface area contributed by atoms with E-state index in [0.29, 0.717) is 0 Å². The smallest absolute Gasteiger partial charge is 0.0233 e. The molecule has 104 valence electrons. The number of benzene rings is 1. The highest BCUT2D eigenvalue weighted by atomic mass is 15.1. The van der Waals surface area contributed by atoms with Gasteiger partial charge in [0.25, 0.3) is 0 Å². The monoisotopic (exact) mass is 258 g/mol. The van der Waals surface area contributed by atoms with Crippen molar-refractivity contribution >= 4 is 0 Å². The zero-order valence-corrected chi connectivity index (χ0v) is 12.1. The number of nitrogens with one attached hydrogen (secondary N) is 1. The third kappa shape index (κ3) is 4.05. The maximum Gasteiger partial charge on any atom is 0.0233 e. The van der Waals surface area contributed by atoms with Crippen molar-refractivity contribution in [2.75, 3.05) is 19.6 Å².